The lowest BCUT2D eigenvalue weighted by Crippen LogP contribution is -2.32. The zero-order valence-corrected chi connectivity index (χ0v) is 18.1. The van der Waals surface area contributed by atoms with E-state index in [9.17, 15) is 9.59 Å². The molecule has 30 heavy (non-hydrogen) atoms. The molecule has 0 fully saturated rings. The number of rotatable bonds is 5. The first kappa shape index (κ1) is 19.9. The zero-order chi connectivity index (χ0) is 21.3. The van der Waals surface area contributed by atoms with Crippen LogP contribution >= 0.6 is 15.9 Å². The fourth-order valence-corrected chi connectivity index (χ4v) is 3.78. The number of nitrogens with zero attached hydrogens (tertiary/aromatic N) is 1. The van der Waals surface area contributed by atoms with Crippen LogP contribution in [-0.4, -0.2) is 18.9 Å². The minimum absolute atomic E-state index is 0.241. The molecule has 0 radical (unpaired) electrons. The van der Waals surface area contributed by atoms with Crippen LogP contribution < -0.4 is 15.0 Å². The van der Waals surface area contributed by atoms with Gasteiger partial charge in [-0.1, -0.05) is 46.3 Å². The molecule has 0 saturated carbocycles. The first-order valence-corrected chi connectivity index (χ1v) is 10.1. The van der Waals surface area contributed by atoms with Crippen molar-refractivity contribution in [1.29, 1.82) is 0 Å². The van der Waals surface area contributed by atoms with Crippen molar-refractivity contribution in [3.8, 4) is 5.75 Å². The molecule has 3 aromatic rings. The Hall–Kier alpha value is -3.38. The van der Waals surface area contributed by atoms with Gasteiger partial charge in [0.1, 0.15) is 11.4 Å². The lowest BCUT2D eigenvalue weighted by Gasteiger charge is -2.16. The predicted molar refractivity (Wildman–Crippen MR) is 121 cm³/mol. The molecule has 0 aliphatic carbocycles. The molecule has 1 aliphatic rings. The number of carbonyl (C=O) groups is 2. The third-order valence-corrected chi connectivity index (χ3v) is 5.31. The van der Waals surface area contributed by atoms with Gasteiger partial charge in [0.05, 0.1) is 18.4 Å². The quantitative estimate of drug-likeness (QED) is 0.531. The Bertz CT molecular complexity index is 1170. The van der Waals surface area contributed by atoms with Crippen LogP contribution in [0.2, 0.25) is 0 Å². The lowest BCUT2D eigenvalue weighted by atomic mass is 10.0. The topological polar surface area (TPSA) is 58.6 Å². The monoisotopic (exact) mass is 462 g/mol. The van der Waals surface area contributed by atoms with Crippen LogP contribution in [0.3, 0.4) is 0 Å². The maximum atomic E-state index is 13.4. The van der Waals surface area contributed by atoms with E-state index in [-0.39, 0.29) is 11.6 Å². The summed E-state index contributed by atoms with van der Waals surface area (Å²) in [6.45, 7) is 1.92. The second kappa shape index (κ2) is 8.16. The average Bonchev–Trinajstić information content (AvgIpc) is 2.97. The SMILES string of the molecule is COc1ccc(C2=C(Nc3cccc(Br)c3)C(=O)N(c3cccc(C)c3)C2=O)cc1. The first-order chi connectivity index (χ1) is 14.5. The van der Waals surface area contributed by atoms with Crippen molar-refractivity contribution in [2.24, 2.45) is 0 Å². The maximum absolute atomic E-state index is 13.4. The van der Waals surface area contributed by atoms with Crippen molar-refractivity contribution in [2.75, 3.05) is 17.3 Å². The van der Waals surface area contributed by atoms with Gasteiger partial charge < -0.3 is 10.1 Å². The van der Waals surface area contributed by atoms with E-state index in [0.29, 0.717) is 28.3 Å². The van der Waals surface area contributed by atoms with Gasteiger partial charge in [-0.2, -0.15) is 0 Å². The fraction of sp³-hybridized carbons (Fsp3) is 0.0833. The van der Waals surface area contributed by atoms with Gasteiger partial charge in [0.2, 0.25) is 0 Å². The van der Waals surface area contributed by atoms with Gasteiger partial charge >= 0.3 is 0 Å². The van der Waals surface area contributed by atoms with E-state index < -0.39 is 5.91 Å². The molecule has 150 valence electrons. The molecule has 0 aromatic heterocycles. The number of amides is 2. The summed E-state index contributed by atoms with van der Waals surface area (Å²) in [5.74, 6) is -0.0854. The van der Waals surface area contributed by atoms with Crippen LogP contribution in [0.5, 0.6) is 5.75 Å². The number of aryl methyl sites for hydroxylation is 1. The normalized spacial score (nSPS) is 13.8. The Balaban J connectivity index is 1.82. The van der Waals surface area contributed by atoms with Gasteiger partial charge in [0.15, 0.2) is 0 Å². The Labute approximate surface area is 183 Å². The Morgan fingerprint density at radius 3 is 2.30 bits per heavy atom. The fourth-order valence-electron chi connectivity index (χ4n) is 3.38. The highest BCUT2D eigenvalue weighted by Crippen LogP contribution is 2.34. The van der Waals surface area contributed by atoms with Crippen molar-refractivity contribution in [3.05, 3.63) is 94.1 Å². The van der Waals surface area contributed by atoms with Gasteiger partial charge in [-0.25, -0.2) is 4.90 Å². The minimum atomic E-state index is -0.392. The van der Waals surface area contributed by atoms with Crippen molar-refractivity contribution < 1.29 is 14.3 Å². The molecular formula is C24H19BrN2O3. The average molecular weight is 463 g/mol. The molecule has 0 spiro atoms. The van der Waals surface area contributed by atoms with E-state index in [4.69, 9.17) is 4.74 Å². The number of ether oxygens (including phenoxy) is 1. The Morgan fingerprint density at radius 1 is 0.900 bits per heavy atom. The van der Waals surface area contributed by atoms with Crippen molar-refractivity contribution >= 4 is 44.7 Å². The third kappa shape index (κ3) is 3.74. The molecule has 6 heteroatoms. The molecule has 5 nitrogen and oxygen atoms in total. The molecule has 2 amide bonds. The summed E-state index contributed by atoms with van der Waals surface area (Å²) < 4.78 is 6.09. The van der Waals surface area contributed by atoms with Crippen LogP contribution in [0.25, 0.3) is 5.57 Å². The zero-order valence-electron chi connectivity index (χ0n) is 16.5. The standard InChI is InChI=1S/C24H19BrN2O3/c1-15-5-3-8-19(13-15)27-23(28)21(16-9-11-20(30-2)12-10-16)22(24(27)29)26-18-7-4-6-17(25)14-18/h3-14,26H,1-2H3. The molecule has 0 bridgehead atoms. The van der Waals surface area contributed by atoms with E-state index in [1.807, 2.05) is 49.4 Å². The van der Waals surface area contributed by atoms with Crippen LogP contribution in [0.4, 0.5) is 11.4 Å². The number of anilines is 2. The molecule has 4 rings (SSSR count). The number of imide groups is 1. The van der Waals surface area contributed by atoms with Crippen LogP contribution in [0.1, 0.15) is 11.1 Å². The Morgan fingerprint density at radius 2 is 1.63 bits per heavy atom. The summed E-state index contributed by atoms with van der Waals surface area (Å²) in [4.78, 5) is 28.0. The van der Waals surface area contributed by atoms with Gasteiger partial charge in [-0.05, 0) is 60.5 Å². The number of methoxy groups -OCH3 is 1. The van der Waals surface area contributed by atoms with Crippen molar-refractivity contribution in [2.45, 2.75) is 6.92 Å². The van der Waals surface area contributed by atoms with Gasteiger partial charge in [-0.15, -0.1) is 0 Å². The summed E-state index contributed by atoms with van der Waals surface area (Å²) in [5.41, 5.74) is 3.42. The Kier molecular flexibility index (Phi) is 5.42. The predicted octanol–water partition coefficient (Wildman–Crippen LogP) is 5.16. The molecule has 1 aliphatic heterocycles. The molecule has 0 unspecified atom stereocenters. The number of hydrogen-bond donors (Lipinski definition) is 1. The van der Waals surface area contributed by atoms with E-state index >= 15 is 0 Å². The summed E-state index contributed by atoms with van der Waals surface area (Å²) in [6.07, 6.45) is 0. The summed E-state index contributed by atoms with van der Waals surface area (Å²) >= 11 is 3.44. The highest BCUT2D eigenvalue weighted by atomic mass is 79.9. The van der Waals surface area contributed by atoms with E-state index in [2.05, 4.69) is 21.2 Å². The van der Waals surface area contributed by atoms with E-state index in [0.717, 1.165) is 10.0 Å². The largest absolute Gasteiger partial charge is 0.497 e. The number of halogens is 1. The molecular weight excluding hydrogens is 444 g/mol. The number of hydrogen-bond acceptors (Lipinski definition) is 4. The molecule has 3 aromatic carbocycles. The third-order valence-electron chi connectivity index (χ3n) is 4.82. The second-order valence-electron chi connectivity index (χ2n) is 6.90. The van der Waals surface area contributed by atoms with E-state index in [1.165, 1.54) is 4.90 Å². The van der Waals surface area contributed by atoms with E-state index in [1.54, 1.807) is 37.4 Å². The highest BCUT2D eigenvalue weighted by Gasteiger charge is 2.40. The maximum Gasteiger partial charge on any atom is 0.282 e. The van der Waals surface area contributed by atoms with Crippen molar-refractivity contribution in [3.63, 3.8) is 0 Å². The molecule has 0 atom stereocenters. The minimum Gasteiger partial charge on any atom is -0.497 e. The lowest BCUT2D eigenvalue weighted by molar-refractivity contribution is -0.120. The van der Waals surface area contributed by atoms with Gasteiger partial charge in [0, 0.05) is 10.2 Å². The van der Waals surface area contributed by atoms with Crippen molar-refractivity contribution in [1.82, 2.24) is 0 Å². The molecule has 1 heterocycles. The second-order valence-corrected chi connectivity index (χ2v) is 7.81. The molecule has 1 N–H and O–H groups in total. The summed E-state index contributed by atoms with van der Waals surface area (Å²) in [5, 5.41) is 3.16. The van der Waals surface area contributed by atoms with Crippen LogP contribution in [0, 0.1) is 6.92 Å². The van der Waals surface area contributed by atoms with Crippen LogP contribution in [-0.2, 0) is 9.59 Å². The smallest absolute Gasteiger partial charge is 0.282 e. The molecule has 0 saturated heterocycles. The van der Waals surface area contributed by atoms with Crippen LogP contribution in [0.15, 0.2) is 83.0 Å². The van der Waals surface area contributed by atoms with Gasteiger partial charge in [-0.3, -0.25) is 9.59 Å². The number of benzene rings is 3. The highest BCUT2D eigenvalue weighted by molar-refractivity contribution is 9.10. The summed E-state index contributed by atoms with van der Waals surface area (Å²) in [6, 6.07) is 21.9. The van der Waals surface area contributed by atoms with Gasteiger partial charge in [0.25, 0.3) is 11.8 Å². The summed E-state index contributed by atoms with van der Waals surface area (Å²) in [7, 11) is 1.58. The first-order valence-electron chi connectivity index (χ1n) is 9.34. The number of carbonyl (C=O) groups excluding carboxylic acids is 2. The number of nitrogens with one attached hydrogen (secondary N) is 1.